The Balaban J connectivity index is 2.08. The van der Waals surface area contributed by atoms with Crippen LogP contribution in [0.2, 0.25) is 0 Å². The summed E-state index contributed by atoms with van der Waals surface area (Å²) in [6, 6.07) is 10.3. The van der Waals surface area contributed by atoms with Crippen molar-refractivity contribution in [3.63, 3.8) is 0 Å². The second kappa shape index (κ2) is 7.75. The zero-order valence-electron chi connectivity index (χ0n) is 13.7. The monoisotopic (exact) mass is 300 g/mol. The Labute approximate surface area is 132 Å². The third-order valence-electron chi connectivity index (χ3n) is 3.30. The number of methoxy groups -OCH3 is 1. The van der Waals surface area contributed by atoms with Gasteiger partial charge in [0.05, 0.1) is 6.61 Å². The summed E-state index contributed by atoms with van der Waals surface area (Å²) in [5.74, 6) is 1.92. The number of hydrogen-bond acceptors (Lipinski definition) is 5. The van der Waals surface area contributed by atoms with Crippen LogP contribution in [-0.4, -0.2) is 30.2 Å². The Morgan fingerprint density at radius 1 is 1.14 bits per heavy atom. The third-order valence-corrected chi connectivity index (χ3v) is 3.30. The summed E-state index contributed by atoms with van der Waals surface area (Å²) in [5.41, 5.74) is 3.21. The second-order valence-corrected chi connectivity index (χ2v) is 5.54. The lowest BCUT2D eigenvalue weighted by Gasteiger charge is -2.11. The van der Waals surface area contributed by atoms with Gasteiger partial charge in [0, 0.05) is 31.1 Å². The largest absolute Gasteiger partial charge is 0.383 e. The molecular weight excluding hydrogens is 276 g/mol. The van der Waals surface area contributed by atoms with Crippen molar-refractivity contribution in [2.24, 2.45) is 0 Å². The summed E-state index contributed by atoms with van der Waals surface area (Å²) >= 11 is 0. The van der Waals surface area contributed by atoms with Crippen molar-refractivity contribution in [3.05, 3.63) is 41.6 Å². The molecule has 0 saturated heterocycles. The highest BCUT2D eigenvalue weighted by molar-refractivity contribution is 5.55. The lowest BCUT2D eigenvalue weighted by Crippen LogP contribution is -2.10. The van der Waals surface area contributed by atoms with Gasteiger partial charge in [-0.2, -0.15) is 4.98 Å². The molecule has 1 aromatic carbocycles. The average Bonchev–Trinajstić information content (AvgIpc) is 2.47. The van der Waals surface area contributed by atoms with E-state index in [0.29, 0.717) is 18.5 Å². The summed E-state index contributed by atoms with van der Waals surface area (Å²) in [4.78, 5) is 8.89. The predicted octanol–water partition coefficient (Wildman–Crippen LogP) is 3.71. The fraction of sp³-hybridized carbons (Fsp3) is 0.412. The molecule has 0 fully saturated rings. The zero-order valence-corrected chi connectivity index (χ0v) is 13.7. The molecule has 0 unspecified atom stereocenters. The van der Waals surface area contributed by atoms with Gasteiger partial charge in [-0.25, -0.2) is 4.98 Å². The lowest BCUT2D eigenvalue weighted by molar-refractivity contribution is 0.210. The molecule has 0 amide bonds. The van der Waals surface area contributed by atoms with Crippen LogP contribution in [0.5, 0.6) is 0 Å². The second-order valence-electron chi connectivity index (χ2n) is 5.54. The number of anilines is 3. The Hall–Kier alpha value is -2.14. The number of rotatable bonds is 7. The van der Waals surface area contributed by atoms with E-state index in [1.807, 2.05) is 13.0 Å². The zero-order chi connectivity index (χ0) is 15.9. The van der Waals surface area contributed by atoms with Gasteiger partial charge in [0.1, 0.15) is 5.82 Å². The van der Waals surface area contributed by atoms with E-state index in [0.717, 1.165) is 23.7 Å². The topological polar surface area (TPSA) is 59.1 Å². The summed E-state index contributed by atoms with van der Waals surface area (Å²) < 4.78 is 5.03. The average molecular weight is 300 g/mol. The van der Waals surface area contributed by atoms with Crippen LogP contribution in [-0.2, 0) is 4.74 Å². The molecule has 22 heavy (non-hydrogen) atoms. The van der Waals surface area contributed by atoms with Crippen LogP contribution in [0.1, 0.15) is 31.0 Å². The van der Waals surface area contributed by atoms with Gasteiger partial charge >= 0.3 is 0 Å². The summed E-state index contributed by atoms with van der Waals surface area (Å²) in [6.07, 6.45) is 0. The summed E-state index contributed by atoms with van der Waals surface area (Å²) in [7, 11) is 1.68. The summed E-state index contributed by atoms with van der Waals surface area (Å²) in [5, 5.41) is 6.47. The standard InChI is InChI=1S/C17H24N4O/c1-12(2)14-5-7-15(8-6-14)20-17-19-13(3)11-16(21-17)18-9-10-22-4/h5-8,11-12H,9-10H2,1-4H3,(H2,18,19,20,21). The predicted molar refractivity (Wildman–Crippen MR) is 90.9 cm³/mol. The maximum atomic E-state index is 5.03. The molecule has 0 aliphatic rings. The number of ether oxygens (including phenoxy) is 1. The number of hydrogen-bond donors (Lipinski definition) is 2. The molecule has 0 bridgehead atoms. The molecule has 1 aromatic heterocycles. The third kappa shape index (κ3) is 4.70. The van der Waals surface area contributed by atoms with Gasteiger partial charge in [-0.05, 0) is 30.5 Å². The number of aryl methyl sites for hydroxylation is 1. The minimum atomic E-state index is 0.529. The van der Waals surface area contributed by atoms with Gasteiger partial charge in [-0.3, -0.25) is 0 Å². The molecular formula is C17H24N4O. The smallest absolute Gasteiger partial charge is 0.229 e. The Bertz CT molecular complexity index is 596. The van der Waals surface area contributed by atoms with E-state index in [1.165, 1.54) is 5.56 Å². The highest BCUT2D eigenvalue weighted by Gasteiger charge is 2.04. The first-order valence-corrected chi connectivity index (χ1v) is 7.54. The molecule has 0 spiro atoms. The van der Waals surface area contributed by atoms with Gasteiger partial charge in [-0.1, -0.05) is 26.0 Å². The van der Waals surface area contributed by atoms with E-state index in [2.05, 4.69) is 58.7 Å². The first kappa shape index (κ1) is 16.2. The van der Waals surface area contributed by atoms with Crippen molar-refractivity contribution in [2.45, 2.75) is 26.7 Å². The molecule has 2 aromatic rings. The molecule has 0 aliphatic carbocycles. The molecule has 2 rings (SSSR count). The molecule has 5 nitrogen and oxygen atoms in total. The van der Waals surface area contributed by atoms with Crippen molar-refractivity contribution in [1.29, 1.82) is 0 Å². The SMILES string of the molecule is COCCNc1cc(C)nc(Nc2ccc(C(C)C)cc2)n1. The van der Waals surface area contributed by atoms with E-state index < -0.39 is 0 Å². The molecule has 0 radical (unpaired) electrons. The van der Waals surface area contributed by atoms with E-state index in [1.54, 1.807) is 7.11 Å². The van der Waals surface area contributed by atoms with E-state index in [9.17, 15) is 0 Å². The normalized spacial score (nSPS) is 10.8. The molecule has 5 heteroatoms. The van der Waals surface area contributed by atoms with Crippen molar-refractivity contribution in [2.75, 3.05) is 30.9 Å². The van der Waals surface area contributed by atoms with Crippen LogP contribution >= 0.6 is 0 Å². The van der Waals surface area contributed by atoms with Gasteiger partial charge < -0.3 is 15.4 Å². The van der Waals surface area contributed by atoms with E-state index in [4.69, 9.17) is 4.74 Å². The van der Waals surface area contributed by atoms with Gasteiger partial charge in [-0.15, -0.1) is 0 Å². The maximum Gasteiger partial charge on any atom is 0.229 e. The molecule has 1 heterocycles. The van der Waals surface area contributed by atoms with Crippen LogP contribution in [0.25, 0.3) is 0 Å². The molecule has 0 saturated carbocycles. The maximum absolute atomic E-state index is 5.03. The first-order chi connectivity index (χ1) is 10.6. The fourth-order valence-corrected chi connectivity index (χ4v) is 2.08. The fourth-order valence-electron chi connectivity index (χ4n) is 2.08. The highest BCUT2D eigenvalue weighted by atomic mass is 16.5. The van der Waals surface area contributed by atoms with Gasteiger partial charge in [0.15, 0.2) is 0 Å². The van der Waals surface area contributed by atoms with Crippen LogP contribution < -0.4 is 10.6 Å². The van der Waals surface area contributed by atoms with Crippen molar-refractivity contribution in [1.82, 2.24) is 9.97 Å². The van der Waals surface area contributed by atoms with E-state index >= 15 is 0 Å². The van der Waals surface area contributed by atoms with Crippen molar-refractivity contribution >= 4 is 17.5 Å². The number of benzene rings is 1. The molecule has 2 N–H and O–H groups in total. The van der Waals surface area contributed by atoms with Gasteiger partial charge in [0.2, 0.25) is 5.95 Å². The van der Waals surface area contributed by atoms with Crippen LogP contribution in [0.3, 0.4) is 0 Å². The van der Waals surface area contributed by atoms with E-state index in [-0.39, 0.29) is 0 Å². The van der Waals surface area contributed by atoms with Crippen LogP contribution in [0.15, 0.2) is 30.3 Å². The lowest BCUT2D eigenvalue weighted by atomic mass is 10.0. The number of nitrogens with zero attached hydrogens (tertiary/aromatic N) is 2. The highest BCUT2D eigenvalue weighted by Crippen LogP contribution is 2.20. The Morgan fingerprint density at radius 2 is 1.86 bits per heavy atom. The molecule has 0 atom stereocenters. The van der Waals surface area contributed by atoms with Crippen LogP contribution in [0.4, 0.5) is 17.5 Å². The Kier molecular flexibility index (Phi) is 5.72. The molecule has 0 aliphatic heterocycles. The quantitative estimate of drug-likeness (QED) is 0.763. The minimum absolute atomic E-state index is 0.529. The Morgan fingerprint density at radius 3 is 2.50 bits per heavy atom. The molecule has 118 valence electrons. The number of nitrogens with one attached hydrogen (secondary N) is 2. The minimum Gasteiger partial charge on any atom is -0.383 e. The van der Waals surface area contributed by atoms with Crippen molar-refractivity contribution in [3.8, 4) is 0 Å². The van der Waals surface area contributed by atoms with Gasteiger partial charge in [0.25, 0.3) is 0 Å². The van der Waals surface area contributed by atoms with Crippen LogP contribution in [0, 0.1) is 6.92 Å². The first-order valence-electron chi connectivity index (χ1n) is 7.54. The number of aromatic nitrogens is 2. The summed E-state index contributed by atoms with van der Waals surface area (Å²) in [6.45, 7) is 7.68. The van der Waals surface area contributed by atoms with Crippen molar-refractivity contribution < 1.29 is 4.74 Å².